The fourth-order valence-electron chi connectivity index (χ4n) is 6.10. The Morgan fingerprint density at radius 1 is 0.738 bits per heavy atom. The molecule has 2 aliphatic heterocycles. The lowest BCUT2D eigenvalue weighted by Crippen LogP contribution is -2.36. The van der Waals surface area contributed by atoms with Crippen molar-refractivity contribution in [3.05, 3.63) is 120 Å². The summed E-state index contributed by atoms with van der Waals surface area (Å²) in [5.41, 5.74) is 4.15. The maximum atomic E-state index is 13.3. The monoisotopic (exact) mass is 842 g/mol. The smallest absolute Gasteiger partial charge is 0.463 e. The number of ether oxygens (including phenoxy) is 10. The third kappa shape index (κ3) is 13.9. The van der Waals surface area contributed by atoms with Crippen molar-refractivity contribution in [1.29, 1.82) is 0 Å². The summed E-state index contributed by atoms with van der Waals surface area (Å²) >= 11 is 0. The Kier molecular flexibility index (Phi) is 17.2. The highest BCUT2D eigenvalue weighted by atomic mass is 16.7. The van der Waals surface area contributed by atoms with E-state index in [1.807, 2.05) is 0 Å². The average Bonchev–Trinajstić information content (AvgIpc) is 3.85. The summed E-state index contributed by atoms with van der Waals surface area (Å²) in [6.07, 6.45) is 7.80. The van der Waals surface area contributed by atoms with Gasteiger partial charge in [0.05, 0.1) is 50.8 Å². The molecule has 2 heterocycles. The maximum absolute atomic E-state index is 13.3. The van der Waals surface area contributed by atoms with E-state index < -0.39 is 60.6 Å². The average molecular weight is 843 g/mol. The van der Waals surface area contributed by atoms with Gasteiger partial charge in [-0.2, -0.15) is 0 Å². The van der Waals surface area contributed by atoms with E-state index in [0.29, 0.717) is 48.4 Å². The summed E-state index contributed by atoms with van der Waals surface area (Å²) in [7, 11) is 0. The first-order valence-corrected chi connectivity index (χ1v) is 19.5. The Hall–Kier alpha value is -6.74. The quantitative estimate of drug-likeness (QED) is 0.0262. The zero-order valence-electron chi connectivity index (χ0n) is 33.5. The van der Waals surface area contributed by atoms with Gasteiger partial charge in [0.2, 0.25) is 0 Å². The summed E-state index contributed by atoms with van der Waals surface area (Å²) in [5.74, 6) is -1.77. The van der Waals surface area contributed by atoms with Crippen molar-refractivity contribution < 1.29 is 76.1 Å². The number of benzene rings is 2. The van der Waals surface area contributed by atoms with Crippen LogP contribution >= 0.6 is 0 Å². The minimum Gasteiger partial charge on any atom is -0.463 e. The van der Waals surface area contributed by atoms with Crippen LogP contribution in [0.2, 0.25) is 0 Å². The number of carbonyl (C=O) groups is 6. The molecule has 0 saturated carbocycles. The molecule has 3 aliphatic rings. The summed E-state index contributed by atoms with van der Waals surface area (Å²) in [4.78, 5) is 72.9. The van der Waals surface area contributed by atoms with Gasteiger partial charge in [0.25, 0.3) is 0 Å². The van der Waals surface area contributed by atoms with Crippen molar-refractivity contribution in [1.82, 2.24) is 0 Å². The van der Waals surface area contributed by atoms with Gasteiger partial charge in [-0.15, -0.1) is 5.73 Å². The predicted molar refractivity (Wildman–Crippen MR) is 215 cm³/mol. The molecule has 2 unspecified atom stereocenters. The molecular weight excluding hydrogens is 796 g/mol. The second kappa shape index (κ2) is 23.2. The first kappa shape index (κ1) is 45.3. The van der Waals surface area contributed by atoms with Gasteiger partial charge in [0, 0.05) is 24.6 Å². The van der Waals surface area contributed by atoms with Gasteiger partial charge in [0.15, 0.2) is 12.2 Å². The highest BCUT2D eigenvalue weighted by molar-refractivity contribution is 5.96. The fraction of sp³-hybridized carbons (Fsp3) is 0.356. The van der Waals surface area contributed by atoms with Crippen LogP contribution in [0, 0.1) is 0 Å². The van der Waals surface area contributed by atoms with E-state index in [-0.39, 0.29) is 62.3 Å². The molecule has 0 bridgehead atoms. The van der Waals surface area contributed by atoms with E-state index in [0.717, 1.165) is 12.2 Å². The lowest BCUT2D eigenvalue weighted by molar-refractivity contribution is -0.148. The molecule has 2 fully saturated rings. The second-order valence-electron chi connectivity index (χ2n) is 13.5. The molecule has 5 rings (SSSR count). The lowest BCUT2D eigenvalue weighted by atomic mass is 10.1. The topological polar surface area (TPSA) is 195 Å². The van der Waals surface area contributed by atoms with E-state index in [1.165, 1.54) is 6.08 Å². The van der Waals surface area contributed by atoms with Gasteiger partial charge in [-0.3, -0.25) is 0 Å². The molecular formula is C45H46O16. The summed E-state index contributed by atoms with van der Waals surface area (Å²) < 4.78 is 53.7. The molecule has 1 aliphatic carbocycles. The van der Waals surface area contributed by atoms with Crippen LogP contribution in [-0.4, -0.2) is 100 Å². The summed E-state index contributed by atoms with van der Waals surface area (Å²) in [6.45, 7) is 9.01. The number of esters is 4. The van der Waals surface area contributed by atoms with Crippen molar-refractivity contribution in [3.8, 4) is 5.75 Å². The third-order valence-electron chi connectivity index (χ3n) is 9.10. The Morgan fingerprint density at radius 3 is 1.90 bits per heavy atom. The van der Waals surface area contributed by atoms with E-state index in [1.54, 1.807) is 67.6 Å². The van der Waals surface area contributed by atoms with Crippen molar-refractivity contribution >= 4 is 47.0 Å². The Balaban J connectivity index is 1.06. The van der Waals surface area contributed by atoms with Crippen LogP contribution in [-0.2, 0) is 57.0 Å². The predicted octanol–water partition coefficient (Wildman–Crippen LogP) is 6.63. The minimum atomic E-state index is -0.887. The number of rotatable bonds is 20. The second-order valence-corrected chi connectivity index (χ2v) is 13.5. The van der Waals surface area contributed by atoms with Gasteiger partial charge in [0.1, 0.15) is 23.7 Å². The normalized spacial score (nSPS) is 19.2. The molecule has 16 heteroatoms. The molecule has 0 spiro atoms. The van der Waals surface area contributed by atoms with E-state index >= 15 is 0 Å². The molecule has 0 amide bonds. The highest BCUT2D eigenvalue weighted by Crippen LogP contribution is 2.32. The number of fused-ring (bicyclic) bond motifs is 2. The molecule has 2 aromatic rings. The molecule has 61 heavy (non-hydrogen) atoms. The van der Waals surface area contributed by atoms with Crippen LogP contribution < -0.4 is 4.74 Å². The summed E-state index contributed by atoms with van der Waals surface area (Å²) in [5, 5.41) is 1.39. The first-order valence-electron chi connectivity index (χ1n) is 19.5. The number of unbranched alkanes of at least 4 members (excludes halogenated alkanes) is 2. The third-order valence-corrected chi connectivity index (χ3v) is 9.10. The zero-order chi connectivity index (χ0) is 43.6. The maximum Gasteiger partial charge on any atom is 0.513 e. The van der Waals surface area contributed by atoms with Crippen LogP contribution in [0.15, 0.2) is 115 Å². The van der Waals surface area contributed by atoms with Gasteiger partial charge in [-0.25, -0.2) is 28.8 Å². The SMILES string of the molecule is C=CC(=O)OCCCCOC(=O)OC1=CCC(/C=C(\C=C/C)C(=O)O[C@@H]2COC3C2OC[C@H]3OC(=O)c2ccc3cc(OC(=O)OCCCCOC(=O)C=C)ccc3c2)=C=C1. The van der Waals surface area contributed by atoms with Crippen molar-refractivity contribution in [2.24, 2.45) is 0 Å². The number of hydrogen-bond acceptors (Lipinski definition) is 16. The van der Waals surface area contributed by atoms with Crippen LogP contribution in [0.1, 0.15) is 49.4 Å². The van der Waals surface area contributed by atoms with Crippen LogP contribution in [0.5, 0.6) is 5.75 Å². The highest BCUT2D eigenvalue weighted by Gasteiger charge is 2.51. The standard InChI is InChI=1S/C45H46O16/c1-4-11-32(24-29-12-17-34(18-13-29)58-44(50)54-22-9-7-20-52-38(46)5-2)42(48)60-36-27-56-41-37(28-57-40(36)41)61-43(49)33-15-14-31-26-35(19-16-30(31)25-33)59-45(51)55-23-10-8-21-53-39(47)6-3/h4-6,11,14-19,24-26,36-37,40-41H,2-3,7-10,12,20-23,27-28H2,1H3/b11-4-,32-24+/t36-,37-,40?,41?/m1/s1. The van der Waals surface area contributed by atoms with Gasteiger partial charge in [-0.1, -0.05) is 37.4 Å². The molecule has 2 aromatic carbocycles. The minimum absolute atomic E-state index is 0.0320. The van der Waals surface area contributed by atoms with E-state index in [9.17, 15) is 28.8 Å². The van der Waals surface area contributed by atoms with E-state index in [4.69, 9.17) is 47.4 Å². The largest absolute Gasteiger partial charge is 0.513 e. The molecule has 16 nitrogen and oxygen atoms in total. The van der Waals surface area contributed by atoms with Crippen LogP contribution in [0.3, 0.4) is 0 Å². The van der Waals surface area contributed by atoms with Gasteiger partial charge >= 0.3 is 36.2 Å². The molecule has 0 radical (unpaired) electrons. The molecule has 322 valence electrons. The zero-order valence-corrected chi connectivity index (χ0v) is 33.5. The van der Waals surface area contributed by atoms with Crippen molar-refractivity contribution in [2.45, 2.75) is 63.4 Å². The summed E-state index contributed by atoms with van der Waals surface area (Å²) in [6, 6.07) is 9.82. The molecule has 0 N–H and O–H groups in total. The van der Waals surface area contributed by atoms with Crippen molar-refractivity contribution in [3.63, 3.8) is 0 Å². The van der Waals surface area contributed by atoms with Gasteiger partial charge in [-0.05, 0) is 85.4 Å². The fourth-order valence-corrected chi connectivity index (χ4v) is 6.10. The van der Waals surface area contributed by atoms with Crippen molar-refractivity contribution in [2.75, 3.05) is 39.6 Å². The van der Waals surface area contributed by atoms with E-state index in [2.05, 4.69) is 18.9 Å². The Morgan fingerprint density at radius 2 is 1.31 bits per heavy atom. The number of hydrogen-bond donors (Lipinski definition) is 0. The lowest BCUT2D eigenvalue weighted by Gasteiger charge is -2.18. The first-order chi connectivity index (χ1) is 29.6. The number of allylic oxidation sites excluding steroid dienone is 4. The van der Waals surface area contributed by atoms with Gasteiger partial charge < -0.3 is 47.4 Å². The van der Waals surface area contributed by atoms with Crippen LogP contribution in [0.4, 0.5) is 9.59 Å². The Bertz CT molecular complexity index is 2140. The van der Waals surface area contributed by atoms with Crippen LogP contribution in [0.25, 0.3) is 10.8 Å². The Labute approximate surface area is 351 Å². The molecule has 0 aromatic heterocycles. The molecule has 2 saturated heterocycles. The molecule has 4 atom stereocenters. The number of carbonyl (C=O) groups excluding carboxylic acids is 6.